The quantitative estimate of drug-likeness (QED) is 0.823. The van der Waals surface area contributed by atoms with Gasteiger partial charge in [-0.25, -0.2) is 9.37 Å². The average molecular weight is 370 g/mol. The van der Waals surface area contributed by atoms with Crippen LogP contribution in [0.4, 0.5) is 21.8 Å². The van der Waals surface area contributed by atoms with Crippen LogP contribution in [0.5, 0.6) is 0 Å². The predicted molar refractivity (Wildman–Crippen MR) is 107 cm³/mol. The number of halogens is 1. The van der Waals surface area contributed by atoms with E-state index in [1.807, 2.05) is 19.1 Å². The molecule has 0 amide bonds. The van der Waals surface area contributed by atoms with Gasteiger partial charge in [-0.1, -0.05) is 0 Å². The monoisotopic (exact) mass is 370 g/mol. The Bertz CT molecular complexity index is 765. The highest BCUT2D eigenvalue weighted by Gasteiger charge is 2.22. The summed E-state index contributed by atoms with van der Waals surface area (Å²) >= 11 is 0. The van der Waals surface area contributed by atoms with Crippen LogP contribution in [-0.4, -0.2) is 74.3 Å². The summed E-state index contributed by atoms with van der Waals surface area (Å²) in [4.78, 5) is 18.8. The smallest absolute Gasteiger partial charge is 0.227 e. The minimum atomic E-state index is -0.193. The van der Waals surface area contributed by atoms with E-state index in [0.717, 1.165) is 75.5 Å². The highest BCUT2D eigenvalue weighted by molar-refractivity contribution is 5.50. The highest BCUT2D eigenvalue weighted by atomic mass is 19.1. The second-order valence-electron chi connectivity index (χ2n) is 7.41. The van der Waals surface area contributed by atoms with Crippen LogP contribution in [0.25, 0.3) is 0 Å². The maximum atomic E-state index is 13.1. The number of anilines is 3. The van der Waals surface area contributed by atoms with E-state index in [0.29, 0.717) is 0 Å². The minimum Gasteiger partial charge on any atom is -0.368 e. The SMILES string of the molecule is Cc1cc(N2CCN(C)CC2)nc(N2CCN(c3ccc(F)cc3)CC2)n1. The van der Waals surface area contributed by atoms with E-state index in [1.54, 1.807) is 0 Å². The Labute approximate surface area is 160 Å². The topological polar surface area (TPSA) is 38.7 Å². The maximum absolute atomic E-state index is 13.1. The van der Waals surface area contributed by atoms with Gasteiger partial charge in [-0.2, -0.15) is 4.98 Å². The molecule has 2 saturated heterocycles. The van der Waals surface area contributed by atoms with Gasteiger partial charge in [0.05, 0.1) is 0 Å². The molecule has 27 heavy (non-hydrogen) atoms. The summed E-state index contributed by atoms with van der Waals surface area (Å²) in [5, 5.41) is 0. The first-order valence-corrected chi connectivity index (χ1v) is 9.63. The third-order valence-corrected chi connectivity index (χ3v) is 5.41. The van der Waals surface area contributed by atoms with Crippen LogP contribution < -0.4 is 14.7 Å². The van der Waals surface area contributed by atoms with Crippen LogP contribution in [0.15, 0.2) is 30.3 Å². The van der Waals surface area contributed by atoms with Crippen LogP contribution >= 0.6 is 0 Å². The second kappa shape index (κ2) is 7.68. The van der Waals surface area contributed by atoms with Crippen LogP contribution in [0, 0.1) is 12.7 Å². The Morgan fingerprint density at radius 2 is 1.37 bits per heavy atom. The standard InChI is InChI=1S/C20H27FN6/c1-16-15-19(26-9-7-24(2)8-10-26)23-20(22-16)27-13-11-25(12-14-27)18-5-3-17(21)4-6-18/h3-6,15H,7-14H2,1-2H3. The Hall–Kier alpha value is -2.41. The van der Waals surface area contributed by atoms with Gasteiger partial charge in [0.2, 0.25) is 5.95 Å². The van der Waals surface area contributed by atoms with Crippen LogP contribution in [-0.2, 0) is 0 Å². The van der Waals surface area contributed by atoms with E-state index < -0.39 is 0 Å². The average Bonchev–Trinajstić information content (AvgIpc) is 2.69. The molecular formula is C20H27FN6. The van der Waals surface area contributed by atoms with Crippen molar-refractivity contribution in [2.45, 2.75) is 6.92 Å². The molecule has 0 saturated carbocycles. The number of likely N-dealkylation sites (N-methyl/N-ethyl adjacent to an activating group) is 1. The van der Waals surface area contributed by atoms with Gasteiger partial charge in [0.1, 0.15) is 11.6 Å². The number of aromatic nitrogens is 2. The van der Waals surface area contributed by atoms with Crippen molar-refractivity contribution in [1.82, 2.24) is 14.9 Å². The van der Waals surface area contributed by atoms with Crippen molar-refractivity contribution < 1.29 is 4.39 Å². The van der Waals surface area contributed by atoms with Gasteiger partial charge in [-0.15, -0.1) is 0 Å². The summed E-state index contributed by atoms with van der Waals surface area (Å²) in [7, 11) is 2.16. The molecule has 2 fully saturated rings. The Morgan fingerprint density at radius 1 is 0.778 bits per heavy atom. The Morgan fingerprint density at radius 3 is 2.04 bits per heavy atom. The van der Waals surface area contributed by atoms with Gasteiger partial charge >= 0.3 is 0 Å². The van der Waals surface area contributed by atoms with Crippen LogP contribution in [0.3, 0.4) is 0 Å². The van der Waals surface area contributed by atoms with Gasteiger partial charge < -0.3 is 19.6 Å². The number of nitrogens with zero attached hydrogens (tertiary/aromatic N) is 6. The number of rotatable bonds is 3. The summed E-state index contributed by atoms with van der Waals surface area (Å²) in [5.41, 5.74) is 2.08. The number of piperazine rings is 2. The zero-order chi connectivity index (χ0) is 18.8. The zero-order valence-corrected chi connectivity index (χ0v) is 16.1. The lowest BCUT2D eigenvalue weighted by molar-refractivity contribution is 0.312. The normalized spacial score (nSPS) is 18.9. The highest BCUT2D eigenvalue weighted by Crippen LogP contribution is 2.22. The number of benzene rings is 1. The van der Waals surface area contributed by atoms with Crippen molar-refractivity contribution >= 4 is 17.5 Å². The van der Waals surface area contributed by atoms with Crippen molar-refractivity contribution in [2.75, 3.05) is 74.1 Å². The van der Waals surface area contributed by atoms with Crippen LogP contribution in [0.1, 0.15) is 5.69 Å². The molecule has 1 aromatic carbocycles. The largest absolute Gasteiger partial charge is 0.368 e. The molecule has 0 unspecified atom stereocenters. The third kappa shape index (κ3) is 4.13. The number of aryl methyl sites for hydroxylation is 1. The Balaban J connectivity index is 1.44. The van der Waals surface area contributed by atoms with E-state index in [2.05, 4.69) is 37.7 Å². The first kappa shape index (κ1) is 18.0. The molecule has 7 heteroatoms. The van der Waals surface area contributed by atoms with Gasteiger partial charge in [0, 0.05) is 69.8 Å². The van der Waals surface area contributed by atoms with E-state index in [9.17, 15) is 4.39 Å². The molecule has 0 bridgehead atoms. The van der Waals surface area contributed by atoms with E-state index in [4.69, 9.17) is 4.98 Å². The fraction of sp³-hybridized carbons (Fsp3) is 0.500. The van der Waals surface area contributed by atoms with Gasteiger partial charge in [0.15, 0.2) is 0 Å². The molecule has 4 rings (SSSR count). The molecule has 0 N–H and O–H groups in total. The van der Waals surface area contributed by atoms with Gasteiger partial charge in [-0.05, 0) is 38.2 Å². The number of hydrogen-bond donors (Lipinski definition) is 0. The summed E-state index contributed by atoms with van der Waals surface area (Å²) in [5.74, 6) is 1.66. The van der Waals surface area contributed by atoms with E-state index in [1.165, 1.54) is 12.1 Å². The summed E-state index contributed by atoms with van der Waals surface area (Å²) in [6.07, 6.45) is 0. The van der Waals surface area contributed by atoms with E-state index >= 15 is 0 Å². The Kier molecular flexibility index (Phi) is 5.11. The predicted octanol–water partition coefficient (Wildman–Crippen LogP) is 2.00. The van der Waals surface area contributed by atoms with Crippen molar-refractivity contribution in [2.24, 2.45) is 0 Å². The van der Waals surface area contributed by atoms with Gasteiger partial charge in [0.25, 0.3) is 0 Å². The molecule has 144 valence electrons. The lowest BCUT2D eigenvalue weighted by Gasteiger charge is -2.37. The van der Waals surface area contributed by atoms with E-state index in [-0.39, 0.29) is 5.82 Å². The fourth-order valence-electron chi connectivity index (χ4n) is 3.69. The van der Waals surface area contributed by atoms with Crippen molar-refractivity contribution in [1.29, 1.82) is 0 Å². The van der Waals surface area contributed by atoms with Crippen LogP contribution in [0.2, 0.25) is 0 Å². The third-order valence-electron chi connectivity index (χ3n) is 5.41. The number of hydrogen-bond acceptors (Lipinski definition) is 6. The summed E-state index contributed by atoms with van der Waals surface area (Å²) in [6.45, 7) is 9.67. The fourth-order valence-corrected chi connectivity index (χ4v) is 3.69. The summed E-state index contributed by atoms with van der Waals surface area (Å²) in [6, 6.07) is 8.82. The van der Waals surface area contributed by atoms with Crippen molar-refractivity contribution in [3.05, 3.63) is 41.8 Å². The molecule has 0 radical (unpaired) electrons. The molecular weight excluding hydrogens is 343 g/mol. The molecule has 0 aliphatic carbocycles. The first-order chi connectivity index (χ1) is 13.1. The molecule has 2 aliphatic heterocycles. The van der Waals surface area contributed by atoms with Gasteiger partial charge in [-0.3, -0.25) is 0 Å². The molecule has 3 heterocycles. The second-order valence-corrected chi connectivity index (χ2v) is 7.41. The minimum absolute atomic E-state index is 0.193. The first-order valence-electron chi connectivity index (χ1n) is 9.63. The lowest BCUT2D eigenvalue weighted by Crippen LogP contribution is -2.47. The maximum Gasteiger partial charge on any atom is 0.227 e. The lowest BCUT2D eigenvalue weighted by atomic mass is 10.2. The molecule has 0 atom stereocenters. The zero-order valence-electron chi connectivity index (χ0n) is 16.1. The molecule has 0 spiro atoms. The molecule has 2 aromatic rings. The molecule has 6 nitrogen and oxygen atoms in total. The van der Waals surface area contributed by atoms with Crippen molar-refractivity contribution in [3.63, 3.8) is 0 Å². The summed E-state index contributed by atoms with van der Waals surface area (Å²) < 4.78 is 13.1. The van der Waals surface area contributed by atoms with Crippen molar-refractivity contribution in [3.8, 4) is 0 Å². The molecule has 1 aromatic heterocycles. The molecule has 2 aliphatic rings.